The minimum atomic E-state index is -1.80. The van der Waals surface area contributed by atoms with Crippen LogP contribution in [0.4, 0.5) is 0 Å². The third kappa shape index (κ3) is 9.21. The second kappa shape index (κ2) is 18.5. The Morgan fingerprint density at radius 1 is 0.553 bits per heavy atom. The maximum Gasteiger partial charge on any atom is 0.187 e. The first-order valence-electron chi connectivity index (χ1n) is 15.7. The molecule has 0 saturated carbocycles. The van der Waals surface area contributed by atoms with E-state index >= 15 is 0 Å². The smallest absolute Gasteiger partial charge is 0.187 e. The van der Waals surface area contributed by atoms with Crippen molar-refractivity contribution in [3.05, 3.63) is 5.73 Å². The van der Waals surface area contributed by atoms with E-state index in [1.54, 1.807) is 13.8 Å². The minimum Gasteiger partial charge on any atom is -0.670 e. The molecule has 0 amide bonds. The molecule has 4 saturated heterocycles. The largest absolute Gasteiger partial charge is 0.670 e. The van der Waals surface area contributed by atoms with E-state index in [2.05, 4.69) is 0 Å². The molecule has 13 unspecified atom stereocenters. The maximum atomic E-state index is 11.0. The number of ether oxygens (including phenoxy) is 7. The van der Waals surface area contributed by atoms with Crippen molar-refractivity contribution in [1.82, 2.24) is 0 Å². The van der Waals surface area contributed by atoms with Crippen LogP contribution in [0.15, 0.2) is 0 Å². The fourth-order valence-electron chi connectivity index (χ4n) is 6.32. The van der Waals surface area contributed by atoms with Gasteiger partial charge in [-0.2, -0.15) is 0 Å². The molecule has 20 atom stereocenters. The standard InChI is InChI=1S/C28H50NO17.Ac/c1-4-11-15(29)25(40-6-5-12-18(34)20(36)16(32)9(2)41-12)24(14(8-31)43-11)45-28-26(22(38)19(35)13(7-30)44-28)46-27-23(39)21(37)17(33)10(3)42-27;/h9-39H,4-8H2,1-3H3;/q-1;/t9?,10?,11?,12-,13?,14?,15?,16+,17+,18?,19-,20?,21?,22?,23?,24+,25?,26?,27-,28-;/m0./s1. The average Bonchev–Trinajstić information content (AvgIpc) is 3.04. The summed E-state index contributed by atoms with van der Waals surface area (Å²) >= 11 is 0. The Hall–Kier alpha value is 0.722. The summed E-state index contributed by atoms with van der Waals surface area (Å²) in [5, 5.41) is 103. The summed E-state index contributed by atoms with van der Waals surface area (Å²) in [6.45, 7) is 3.26. The number of hydrogen-bond acceptors (Lipinski definition) is 17. The fourth-order valence-corrected chi connectivity index (χ4v) is 6.32. The van der Waals surface area contributed by atoms with E-state index in [1.807, 2.05) is 0 Å². The predicted octanol–water partition coefficient (Wildman–Crippen LogP) is -4.74. The molecule has 1 radical (unpaired) electrons. The first-order chi connectivity index (χ1) is 21.7. The Labute approximate surface area is 308 Å². The van der Waals surface area contributed by atoms with Gasteiger partial charge in [-0.1, -0.05) is 13.0 Å². The van der Waals surface area contributed by atoms with E-state index in [-0.39, 0.29) is 57.1 Å². The van der Waals surface area contributed by atoms with Crippen LogP contribution in [-0.4, -0.2) is 193 Å². The minimum absolute atomic E-state index is 0. The van der Waals surface area contributed by atoms with Crippen LogP contribution in [0, 0.1) is 44.1 Å². The molecule has 4 fully saturated rings. The Morgan fingerprint density at radius 3 is 1.70 bits per heavy atom. The molecule has 4 heterocycles. The second-order valence-corrected chi connectivity index (χ2v) is 12.4. The summed E-state index contributed by atoms with van der Waals surface area (Å²) < 4.78 is 40.8. The first kappa shape index (κ1) is 42.1. The Bertz CT molecular complexity index is 945. The van der Waals surface area contributed by atoms with Gasteiger partial charge < -0.3 is 90.0 Å². The van der Waals surface area contributed by atoms with Crippen molar-refractivity contribution in [2.75, 3.05) is 19.8 Å². The van der Waals surface area contributed by atoms with Gasteiger partial charge in [-0.3, -0.25) is 0 Å². The van der Waals surface area contributed by atoms with Gasteiger partial charge in [0.25, 0.3) is 0 Å². The summed E-state index contributed by atoms with van der Waals surface area (Å²) in [6.07, 6.45) is -25.3. The molecule has 18 nitrogen and oxygen atoms in total. The van der Waals surface area contributed by atoms with Crippen LogP contribution < -0.4 is 0 Å². The molecular formula is C28H50AcNO17-. The summed E-state index contributed by atoms with van der Waals surface area (Å²) in [7, 11) is 0. The van der Waals surface area contributed by atoms with Crippen molar-refractivity contribution in [2.45, 2.75) is 156 Å². The molecule has 0 aromatic heterocycles. The summed E-state index contributed by atoms with van der Waals surface area (Å²) in [5.74, 6) is 0. The van der Waals surface area contributed by atoms with Crippen molar-refractivity contribution in [1.29, 1.82) is 0 Å². The van der Waals surface area contributed by atoms with Gasteiger partial charge in [0.2, 0.25) is 0 Å². The van der Waals surface area contributed by atoms with Gasteiger partial charge in [-0.25, -0.2) is 0 Å². The third-order valence-corrected chi connectivity index (χ3v) is 9.26. The molecule has 0 spiro atoms. The normalized spacial score (nSPS) is 50.9. The average molecular weight is 900 g/mol. The van der Waals surface area contributed by atoms with Gasteiger partial charge in [0.05, 0.1) is 37.6 Å². The van der Waals surface area contributed by atoms with Gasteiger partial charge >= 0.3 is 0 Å². The molecular weight excluding hydrogens is 849 g/mol. The third-order valence-electron chi connectivity index (χ3n) is 9.26. The topological polar surface area (TPSA) is 291 Å². The van der Waals surface area contributed by atoms with Gasteiger partial charge in [0.1, 0.15) is 73.2 Å². The summed E-state index contributed by atoms with van der Waals surface area (Å²) in [4.78, 5) is 0. The Kier molecular flexibility index (Phi) is 16.6. The van der Waals surface area contributed by atoms with Crippen LogP contribution >= 0.6 is 0 Å². The number of aliphatic hydroxyl groups excluding tert-OH is 10. The van der Waals surface area contributed by atoms with E-state index < -0.39 is 136 Å². The summed E-state index contributed by atoms with van der Waals surface area (Å²) in [6, 6.07) is -1.09. The number of hydrogen-bond donors (Lipinski definition) is 10. The zero-order valence-electron chi connectivity index (χ0n) is 26.5. The summed E-state index contributed by atoms with van der Waals surface area (Å²) in [5.41, 5.74) is 8.87. The van der Waals surface area contributed by atoms with E-state index in [9.17, 15) is 51.1 Å². The van der Waals surface area contributed by atoms with E-state index in [0.717, 1.165) is 0 Å². The number of nitrogens with one attached hydrogen (secondary N) is 1. The molecule has 0 aromatic carbocycles. The monoisotopic (exact) mass is 899 g/mol. The van der Waals surface area contributed by atoms with Crippen LogP contribution in [0.25, 0.3) is 5.73 Å². The van der Waals surface area contributed by atoms with E-state index in [0.29, 0.717) is 6.42 Å². The van der Waals surface area contributed by atoms with E-state index in [1.165, 1.54) is 6.92 Å². The molecule has 4 aliphatic rings. The zero-order valence-corrected chi connectivity index (χ0v) is 31.2. The molecule has 0 aromatic rings. The van der Waals surface area contributed by atoms with Crippen molar-refractivity contribution >= 4 is 0 Å². The molecule has 273 valence electrons. The van der Waals surface area contributed by atoms with Crippen molar-refractivity contribution in [3.8, 4) is 0 Å². The molecule has 0 bridgehead atoms. The molecule has 4 aliphatic heterocycles. The molecule has 47 heavy (non-hydrogen) atoms. The van der Waals surface area contributed by atoms with Crippen molar-refractivity contribution < 1.29 is 128 Å². The predicted molar refractivity (Wildman–Crippen MR) is 151 cm³/mol. The van der Waals surface area contributed by atoms with Crippen LogP contribution in [0.3, 0.4) is 0 Å². The maximum absolute atomic E-state index is 11.0. The van der Waals surface area contributed by atoms with E-state index in [4.69, 9.17) is 38.9 Å². The van der Waals surface area contributed by atoms with Crippen LogP contribution in [0.1, 0.15) is 33.6 Å². The molecule has 0 aliphatic carbocycles. The molecule has 11 N–H and O–H groups in total. The van der Waals surface area contributed by atoms with Crippen LogP contribution in [0.5, 0.6) is 0 Å². The van der Waals surface area contributed by atoms with Gasteiger partial charge in [0.15, 0.2) is 12.6 Å². The number of rotatable bonds is 11. The SMILES string of the molecule is CCC1OC(CO)[C@@H](O[C@@H]2OC(CO)[C@H](O)C(O)C2O[C@@H]2OC(C)[C@@H](O)C(O)C2O)C(OCC[C@@H]2OC(C)[C@@H](O)C(O)C2O)C1[NH-].[Ac]. The van der Waals surface area contributed by atoms with Gasteiger partial charge in [0, 0.05) is 56.8 Å². The quantitative estimate of drug-likeness (QED) is 0.0932. The second-order valence-electron chi connectivity index (χ2n) is 12.4. The molecule has 4 rings (SSSR count). The molecule has 19 heteroatoms. The zero-order chi connectivity index (χ0) is 34.0. The Morgan fingerprint density at radius 2 is 1.11 bits per heavy atom. The van der Waals surface area contributed by atoms with Crippen molar-refractivity contribution in [3.63, 3.8) is 0 Å². The number of aliphatic hydroxyl groups is 10. The Balaban J connectivity index is 0.00000600. The van der Waals surface area contributed by atoms with Gasteiger partial charge in [-0.05, 0) is 26.7 Å². The first-order valence-corrected chi connectivity index (χ1v) is 15.7. The van der Waals surface area contributed by atoms with Crippen LogP contribution in [-0.2, 0) is 33.2 Å². The van der Waals surface area contributed by atoms with Crippen molar-refractivity contribution in [2.24, 2.45) is 0 Å². The fraction of sp³-hybridized carbons (Fsp3) is 1.00. The van der Waals surface area contributed by atoms with Gasteiger partial charge in [-0.15, -0.1) is 0 Å². The van der Waals surface area contributed by atoms with Crippen LogP contribution in [0.2, 0.25) is 0 Å².